The molecule has 102 valence electrons. The third-order valence-corrected chi connectivity index (χ3v) is 6.35. The van der Waals surface area contributed by atoms with Crippen LogP contribution in [0.3, 0.4) is 0 Å². The van der Waals surface area contributed by atoms with Gasteiger partial charge in [0.2, 0.25) is 15.9 Å². The van der Waals surface area contributed by atoms with Gasteiger partial charge in [0.1, 0.15) is 0 Å². The van der Waals surface area contributed by atoms with Crippen molar-refractivity contribution in [2.75, 3.05) is 13.6 Å². The first-order chi connectivity index (χ1) is 8.31. The summed E-state index contributed by atoms with van der Waals surface area (Å²) in [7, 11) is -1.79. The second-order valence-corrected chi connectivity index (χ2v) is 7.81. The van der Waals surface area contributed by atoms with Crippen LogP contribution in [0.1, 0.15) is 26.2 Å². The zero-order valence-electron chi connectivity index (χ0n) is 10.8. The first-order valence-corrected chi connectivity index (χ1v) is 7.64. The number of allylic oxidation sites excluding steroid dienone is 1. The van der Waals surface area contributed by atoms with Crippen LogP contribution in [0.5, 0.6) is 0 Å². The minimum absolute atomic E-state index is 0.0622. The van der Waals surface area contributed by atoms with Gasteiger partial charge in [-0.2, -0.15) is 0 Å². The molecule has 0 saturated heterocycles. The molecule has 1 amide bonds. The van der Waals surface area contributed by atoms with Crippen molar-refractivity contribution in [3.63, 3.8) is 0 Å². The van der Waals surface area contributed by atoms with Gasteiger partial charge in [-0.3, -0.25) is 9.52 Å². The molecule has 0 heterocycles. The monoisotopic (exact) mass is 272 g/mol. The van der Waals surface area contributed by atoms with Crippen molar-refractivity contribution in [2.45, 2.75) is 30.9 Å². The fraction of sp³-hybridized carbons (Fsp3) is 0.750. The van der Waals surface area contributed by atoms with Gasteiger partial charge in [-0.25, -0.2) is 8.42 Å². The summed E-state index contributed by atoms with van der Waals surface area (Å²) in [5.41, 5.74) is -0.630. The topological polar surface area (TPSA) is 75.3 Å². The first-order valence-electron chi connectivity index (χ1n) is 6.15. The Morgan fingerprint density at radius 3 is 2.50 bits per heavy atom. The average Bonchev–Trinajstić information content (AvgIpc) is 3.16. The third-order valence-electron chi connectivity index (χ3n) is 4.19. The van der Waals surface area contributed by atoms with Crippen molar-refractivity contribution >= 4 is 15.9 Å². The second-order valence-electron chi connectivity index (χ2n) is 5.62. The smallest absolute Gasteiger partial charge is 0.241 e. The van der Waals surface area contributed by atoms with Gasteiger partial charge in [-0.1, -0.05) is 6.08 Å². The molecule has 0 aromatic carbocycles. The molecule has 2 aliphatic carbocycles. The van der Waals surface area contributed by atoms with Crippen LogP contribution in [-0.2, 0) is 14.8 Å². The van der Waals surface area contributed by atoms with Gasteiger partial charge in [0.25, 0.3) is 0 Å². The van der Waals surface area contributed by atoms with Crippen LogP contribution in [0.2, 0.25) is 0 Å². The van der Waals surface area contributed by atoms with Crippen LogP contribution in [0.4, 0.5) is 0 Å². The maximum Gasteiger partial charge on any atom is 0.241 e. The van der Waals surface area contributed by atoms with Gasteiger partial charge in [-0.15, -0.1) is 6.58 Å². The van der Waals surface area contributed by atoms with E-state index in [1.54, 1.807) is 20.0 Å². The summed E-state index contributed by atoms with van der Waals surface area (Å²) in [4.78, 5) is 12.2. The Kier molecular flexibility index (Phi) is 3.06. The quantitative estimate of drug-likeness (QED) is 0.686. The van der Waals surface area contributed by atoms with Crippen molar-refractivity contribution in [3.8, 4) is 0 Å². The molecule has 2 N–H and O–H groups in total. The average molecular weight is 272 g/mol. The molecule has 0 bridgehead atoms. The number of amides is 1. The van der Waals surface area contributed by atoms with Crippen LogP contribution in [-0.4, -0.2) is 32.7 Å². The number of carbonyl (C=O) groups excluding carboxylic acids is 1. The molecule has 0 radical (unpaired) electrons. The molecular formula is C12H20N2O3S. The van der Waals surface area contributed by atoms with E-state index < -0.39 is 26.1 Å². The molecule has 2 fully saturated rings. The molecule has 0 aromatic rings. The van der Waals surface area contributed by atoms with Crippen molar-refractivity contribution < 1.29 is 13.2 Å². The SMILES string of the molecule is C=CC1CC1(CNC)C(=O)NS(=O)(=O)C1(C)CC1. The Morgan fingerprint density at radius 2 is 2.11 bits per heavy atom. The van der Waals surface area contributed by atoms with E-state index in [2.05, 4.69) is 16.6 Å². The van der Waals surface area contributed by atoms with E-state index in [0.29, 0.717) is 25.8 Å². The van der Waals surface area contributed by atoms with E-state index in [1.807, 2.05) is 0 Å². The summed E-state index contributed by atoms with van der Waals surface area (Å²) < 4.78 is 25.5. The summed E-state index contributed by atoms with van der Waals surface area (Å²) in [5, 5.41) is 2.95. The highest BCUT2D eigenvalue weighted by molar-refractivity contribution is 7.91. The summed E-state index contributed by atoms with van der Waals surface area (Å²) in [6, 6.07) is 0. The van der Waals surface area contributed by atoms with Crippen LogP contribution in [0, 0.1) is 11.3 Å². The molecule has 5 nitrogen and oxygen atoms in total. The number of rotatable bonds is 6. The van der Waals surface area contributed by atoms with Gasteiger partial charge in [0.05, 0.1) is 10.2 Å². The Bertz CT molecular complexity index is 482. The van der Waals surface area contributed by atoms with Gasteiger partial charge >= 0.3 is 0 Å². The zero-order chi connectivity index (χ0) is 13.6. The Balaban J connectivity index is 2.10. The van der Waals surface area contributed by atoms with Crippen molar-refractivity contribution in [1.29, 1.82) is 0 Å². The lowest BCUT2D eigenvalue weighted by molar-refractivity contribution is -0.124. The Labute approximate surface area is 108 Å². The lowest BCUT2D eigenvalue weighted by atomic mass is 10.0. The maximum atomic E-state index is 12.2. The molecule has 0 spiro atoms. The van der Waals surface area contributed by atoms with Gasteiger partial charge < -0.3 is 5.32 Å². The predicted octanol–water partition coefficient (Wildman–Crippen LogP) is 0.397. The number of hydrogen-bond acceptors (Lipinski definition) is 4. The molecule has 2 saturated carbocycles. The number of nitrogens with one attached hydrogen (secondary N) is 2. The minimum atomic E-state index is -3.54. The fourth-order valence-corrected chi connectivity index (χ4v) is 3.63. The highest BCUT2D eigenvalue weighted by Crippen LogP contribution is 2.53. The van der Waals surface area contributed by atoms with Crippen LogP contribution >= 0.6 is 0 Å². The maximum absolute atomic E-state index is 12.2. The third kappa shape index (κ3) is 1.97. The van der Waals surface area contributed by atoms with E-state index in [4.69, 9.17) is 0 Å². The molecular weight excluding hydrogens is 252 g/mol. The molecule has 18 heavy (non-hydrogen) atoms. The van der Waals surface area contributed by atoms with Crippen molar-refractivity contribution in [3.05, 3.63) is 12.7 Å². The molecule has 0 aromatic heterocycles. The molecule has 6 heteroatoms. The van der Waals surface area contributed by atoms with E-state index in [-0.39, 0.29) is 5.92 Å². The van der Waals surface area contributed by atoms with E-state index in [1.165, 1.54) is 0 Å². The van der Waals surface area contributed by atoms with Gasteiger partial charge in [0, 0.05) is 6.54 Å². The lowest BCUT2D eigenvalue weighted by Crippen LogP contribution is -2.45. The summed E-state index contributed by atoms with van der Waals surface area (Å²) in [6.07, 6.45) is 3.64. The number of carbonyl (C=O) groups is 1. The summed E-state index contributed by atoms with van der Waals surface area (Å²) >= 11 is 0. The second kappa shape index (κ2) is 4.06. The normalized spacial score (nSPS) is 32.7. The van der Waals surface area contributed by atoms with E-state index in [0.717, 1.165) is 0 Å². The summed E-state index contributed by atoms with van der Waals surface area (Å²) in [6.45, 7) is 5.83. The van der Waals surface area contributed by atoms with Crippen LogP contribution < -0.4 is 10.0 Å². The lowest BCUT2D eigenvalue weighted by Gasteiger charge is -2.18. The largest absolute Gasteiger partial charge is 0.319 e. The van der Waals surface area contributed by atoms with Crippen molar-refractivity contribution in [2.24, 2.45) is 11.3 Å². The Morgan fingerprint density at radius 1 is 1.50 bits per heavy atom. The molecule has 2 unspecified atom stereocenters. The highest BCUT2D eigenvalue weighted by atomic mass is 32.2. The fourth-order valence-electron chi connectivity index (χ4n) is 2.29. The van der Waals surface area contributed by atoms with Crippen molar-refractivity contribution in [1.82, 2.24) is 10.0 Å². The predicted molar refractivity (Wildman–Crippen MR) is 69.4 cm³/mol. The minimum Gasteiger partial charge on any atom is -0.319 e. The van der Waals surface area contributed by atoms with Gasteiger partial charge in [0.15, 0.2) is 0 Å². The van der Waals surface area contributed by atoms with Crippen LogP contribution in [0.15, 0.2) is 12.7 Å². The number of hydrogen-bond donors (Lipinski definition) is 2. The van der Waals surface area contributed by atoms with Crippen LogP contribution in [0.25, 0.3) is 0 Å². The van der Waals surface area contributed by atoms with E-state index >= 15 is 0 Å². The summed E-state index contributed by atoms with van der Waals surface area (Å²) in [5.74, 6) is -0.331. The standard InChI is InChI=1S/C12H20N2O3S/c1-4-9-7-12(9,8-13-3)10(15)14-18(16,17)11(2)5-6-11/h4,9,13H,1,5-8H2,2-3H3,(H,14,15). The Hall–Kier alpha value is -0.880. The molecule has 2 atom stereocenters. The molecule has 2 rings (SSSR count). The highest BCUT2D eigenvalue weighted by Gasteiger charge is 2.60. The van der Waals surface area contributed by atoms with Gasteiger partial charge in [-0.05, 0) is 39.2 Å². The van der Waals surface area contributed by atoms with E-state index in [9.17, 15) is 13.2 Å². The molecule has 0 aliphatic heterocycles. The molecule has 2 aliphatic rings. The number of sulfonamides is 1. The zero-order valence-corrected chi connectivity index (χ0v) is 11.6. The first kappa shape index (κ1) is 13.5.